The molecule has 1 aliphatic heterocycles. The van der Waals surface area contributed by atoms with Crippen molar-refractivity contribution in [2.45, 2.75) is 54.1 Å². The molecule has 0 spiro atoms. The molecule has 1 aliphatic rings. The lowest BCUT2D eigenvalue weighted by Crippen LogP contribution is -2.28. The second kappa shape index (κ2) is 11.4. The average Bonchev–Trinajstić information content (AvgIpc) is 3.33. The fourth-order valence-corrected chi connectivity index (χ4v) is 4.65. The van der Waals surface area contributed by atoms with Gasteiger partial charge in [-0.1, -0.05) is 20.8 Å². The van der Waals surface area contributed by atoms with Crippen LogP contribution in [0.5, 0.6) is 0 Å². The first kappa shape index (κ1) is 29.0. The van der Waals surface area contributed by atoms with Gasteiger partial charge in [0, 0.05) is 12.3 Å². The number of fused-ring (bicyclic) bond motifs is 1. The summed E-state index contributed by atoms with van der Waals surface area (Å²) < 4.78 is 40.9. The minimum atomic E-state index is -3.66. The third kappa shape index (κ3) is 6.64. The molecule has 204 valence electrons. The molecule has 0 bridgehead atoms. The summed E-state index contributed by atoms with van der Waals surface area (Å²) in [5, 5.41) is 13.4. The van der Waals surface area contributed by atoms with E-state index in [0.717, 1.165) is 6.92 Å². The van der Waals surface area contributed by atoms with Gasteiger partial charge in [0.25, 0.3) is 0 Å². The summed E-state index contributed by atoms with van der Waals surface area (Å²) in [7, 11) is -3.66. The van der Waals surface area contributed by atoms with Gasteiger partial charge in [0.15, 0.2) is 29.1 Å². The second-order valence-corrected chi connectivity index (χ2v) is 11.1. The summed E-state index contributed by atoms with van der Waals surface area (Å²) in [6, 6.07) is 0. The van der Waals surface area contributed by atoms with Crippen molar-refractivity contribution < 1.29 is 42.5 Å². The summed E-state index contributed by atoms with van der Waals surface area (Å²) in [5.74, 6) is -1.93. The Bertz CT molecular complexity index is 1250. The molecular formula is C21H29ClN5O9P. The van der Waals surface area contributed by atoms with Crippen molar-refractivity contribution in [2.75, 3.05) is 24.9 Å². The monoisotopic (exact) mass is 561 g/mol. The molecule has 3 heterocycles. The Morgan fingerprint density at radius 1 is 1.24 bits per heavy atom. The number of ether oxygens (including phenoxy) is 3. The van der Waals surface area contributed by atoms with Crippen molar-refractivity contribution in [3.63, 3.8) is 0 Å². The number of nitrogens with zero attached hydrogens (tertiary/aromatic N) is 4. The van der Waals surface area contributed by atoms with E-state index >= 15 is 0 Å². The molecule has 3 rings (SSSR count). The van der Waals surface area contributed by atoms with E-state index in [4.69, 9.17) is 34.9 Å². The number of rotatable bonds is 10. The largest absolute Gasteiger partial charge is 0.505 e. The summed E-state index contributed by atoms with van der Waals surface area (Å²) in [6.45, 7) is 9.77. The first-order valence-corrected chi connectivity index (χ1v) is 13.4. The number of carbonyl (C=O) groups is 2. The topological polar surface area (TPSA) is 173 Å². The van der Waals surface area contributed by atoms with E-state index in [9.17, 15) is 19.3 Å². The van der Waals surface area contributed by atoms with Crippen LogP contribution in [0.3, 0.4) is 0 Å². The van der Waals surface area contributed by atoms with Gasteiger partial charge in [-0.05, 0) is 25.4 Å². The molecule has 0 radical (unpaired) electrons. The number of nitrogens with one attached hydrogen (secondary N) is 1. The van der Waals surface area contributed by atoms with Crippen LogP contribution in [-0.4, -0.2) is 62.4 Å². The number of hydrogen-bond acceptors (Lipinski definition) is 12. The van der Waals surface area contributed by atoms with Gasteiger partial charge in [0.05, 0.1) is 19.5 Å². The molecule has 0 aromatic carbocycles. The molecule has 0 saturated heterocycles. The van der Waals surface area contributed by atoms with Crippen LogP contribution >= 0.6 is 19.2 Å². The normalized spacial score (nSPS) is 18.5. The van der Waals surface area contributed by atoms with Crippen LogP contribution < -0.4 is 5.32 Å². The fourth-order valence-electron chi connectivity index (χ4n) is 3.16. The zero-order valence-electron chi connectivity index (χ0n) is 21.2. The Labute approximate surface area is 217 Å². The first-order chi connectivity index (χ1) is 17.3. The van der Waals surface area contributed by atoms with Gasteiger partial charge in [0.1, 0.15) is 0 Å². The van der Waals surface area contributed by atoms with Crippen molar-refractivity contribution in [2.24, 2.45) is 5.41 Å². The summed E-state index contributed by atoms with van der Waals surface area (Å²) >= 11 is 6.10. The predicted molar refractivity (Wildman–Crippen MR) is 131 cm³/mol. The van der Waals surface area contributed by atoms with Crippen LogP contribution in [-0.2, 0) is 37.4 Å². The third-order valence-corrected chi connectivity index (χ3v) is 6.74. The minimum Gasteiger partial charge on any atom is -0.505 e. The van der Waals surface area contributed by atoms with E-state index in [1.165, 1.54) is 10.9 Å². The van der Waals surface area contributed by atoms with E-state index < -0.39 is 43.6 Å². The van der Waals surface area contributed by atoms with Gasteiger partial charge < -0.3 is 33.7 Å². The van der Waals surface area contributed by atoms with E-state index in [0.29, 0.717) is 0 Å². The second-order valence-electron chi connectivity index (χ2n) is 8.78. The maximum Gasteiger partial charge on any atom is 0.356 e. The van der Waals surface area contributed by atoms with Crippen molar-refractivity contribution in [3.05, 3.63) is 23.1 Å². The van der Waals surface area contributed by atoms with Crippen molar-refractivity contribution in [1.82, 2.24) is 19.5 Å². The Morgan fingerprint density at radius 2 is 1.89 bits per heavy atom. The maximum atomic E-state index is 12.8. The van der Waals surface area contributed by atoms with Crippen LogP contribution in [0.1, 0.15) is 47.8 Å². The summed E-state index contributed by atoms with van der Waals surface area (Å²) in [6.07, 6.45) is -2.08. The Morgan fingerprint density at radius 3 is 2.46 bits per heavy atom. The van der Waals surface area contributed by atoms with Crippen molar-refractivity contribution in [1.29, 1.82) is 0 Å². The highest BCUT2D eigenvalue weighted by Gasteiger charge is 2.42. The number of anilines is 1. The van der Waals surface area contributed by atoms with E-state index in [2.05, 4.69) is 20.3 Å². The van der Waals surface area contributed by atoms with Crippen LogP contribution in [0.15, 0.2) is 17.8 Å². The number of aliphatic hydroxyl groups excluding tert-OH is 1. The van der Waals surface area contributed by atoms with Gasteiger partial charge in [-0.2, -0.15) is 9.97 Å². The molecule has 2 aromatic heterocycles. The third-order valence-electron chi connectivity index (χ3n) is 4.80. The number of imidazole rings is 1. The molecule has 0 unspecified atom stereocenters. The number of aliphatic hydroxyl groups is 1. The van der Waals surface area contributed by atoms with Gasteiger partial charge in [0.2, 0.25) is 29.5 Å². The molecule has 14 nitrogen and oxygen atoms in total. The molecule has 2 N–H and O–H groups in total. The molecule has 0 fully saturated rings. The lowest BCUT2D eigenvalue weighted by molar-refractivity contribution is -0.161. The predicted octanol–water partition coefficient (Wildman–Crippen LogP) is 3.89. The quantitative estimate of drug-likeness (QED) is 0.244. The Hall–Kier alpha value is -2.61. The molecule has 2 atom stereocenters. The zero-order valence-corrected chi connectivity index (χ0v) is 22.8. The smallest absolute Gasteiger partial charge is 0.356 e. The Kier molecular flexibility index (Phi) is 8.93. The van der Waals surface area contributed by atoms with Crippen LogP contribution in [0, 0.1) is 5.41 Å². The van der Waals surface area contributed by atoms with Crippen molar-refractivity contribution in [3.8, 4) is 0 Å². The summed E-state index contributed by atoms with van der Waals surface area (Å²) in [4.78, 5) is 36.6. The fraction of sp³-hybridized carbons (Fsp3) is 0.571. The van der Waals surface area contributed by atoms with Crippen LogP contribution in [0.25, 0.3) is 11.2 Å². The van der Waals surface area contributed by atoms with E-state index in [-0.39, 0.29) is 47.1 Å². The molecule has 37 heavy (non-hydrogen) atoms. The highest BCUT2D eigenvalue weighted by Crippen LogP contribution is 2.49. The lowest BCUT2D eigenvalue weighted by Gasteiger charge is -2.21. The highest BCUT2D eigenvalue weighted by molar-refractivity contribution is 7.53. The van der Waals surface area contributed by atoms with E-state index in [1.807, 2.05) is 0 Å². The number of amides is 1. The lowest BCUT2D eigenvalue weighted by atomic mass is 9.96. The molecule has 0 aliphatic carbocycles. The number of carbonyl (C=O) groups excluding carboxylic acids is 2. The Balaban J connectivity index is 1.96. The number of hydrogen-bond donors (Lipinski definition) is 2. The van der Waals surface area contributed by atoms with Crippen LogP contribution in [0.4, 0.5) is 5.82 Å². The van der Waals surface area contributed by atoms with Gasteiger partial charge in [-0.15, -0.1) is 0 Å². The average molecular weight is 562 g/mol. The molecule has 0 saturated carbocycles. The minimum absolute atomic E-state index is 0.0533. The molecule has 1 amide bonds. The number of halogens is 1. The van der Waals surface area contributed by atoms with Gasteiger partial charge >= 0.3 is 13.6 Å². The van der Waals surface area contributed by atoms with Gasteiger partial charge in [-0.3, -0.25) is 18.7 Å². The SMILES string of the molecule is CCOP(=O)(CO[C@H]1O[C@@H](n2cnc3c(NC(=O)C(C)(C)C)nc(Cl)nc32)C(O)=C1OC(C)=O)OCC. The number of esters is 1. The maximum absolute atomic E-state index is 12.8. The first-order valence-electron chi connectivity index (χ1n) is 11.3. The summed E-state index contributed by atoms with van der Waals surface area (Å²) in [5.41, 5.74) is -0.472. The van der Waals surface area contributed by atoms with Crippen molar-refractivity contribution >= 4 is 48.1 Å². The standard InChI is InChI=1S/C21H29ClN5O9P/c1-7-33-37(31,34-8-2)10-32-18-14(35-11(3)28)13(29)17(36-18)27-9-23-12-15(24-19(30)21(4,5)6)25-20(22)26-16(12)27/h9,17-18,29H,7-8,10H2,1-6H3,(H,24,25,26,30)/t17-,18+/m1/s1. The highest BCUT2D eigenvalue weighted by atomic mass is 35.5. The van der Waals surface area contributed by atoms with E-state index in [1.54, 1.807) is 34.6 Å². The zero-order chi connectivity index (χ0) is 27.5. The molecular weight excluding hydrogens is 533 g/mol. The van der Waals surface area contributed by atoms with Gasteiger partial charge in [-0.25, -0.2) is 4.98 Å². The van der Waals surface area contributed by atoms with Crippen LogP contribution in [0.2, 0.25) is 5.28 Å². The molecule has 2 aromatic rings. The molecule has 16 heteroatoms. The number of aromatic nitrogens is 4.